The van der Waals surface area contributed by atoms with E-state index in [1.54, 1.807) is 6.92 Å². The fraction of sp³-hybridized carbons (Fsp3) is 0.273. The molecule has 0 radical (unpaired) electrons. The van der Waals surface area contributed by atoms with Gasteiger partial charge < -0.3 is 4.52 Å². The Balaban J connectivity index is 3.11. The van der Waals surface area contributed by atoms with E-state index in [0.717, 1.165) is 5.30 Å². The van der Waals surface area contributed by atoms with Gasteiger partial charge in [0, 0.05) is 5.30 Å². The Kier molecular flexibility index (Phi) is 4.35. The third-order valence-corrected chi connectivity index (χ3v) is 5.01. The molecule has 0 bridgehead atoms. The van der Waals surface area contributed by atoms with Gasteiger partial charge in [0.25, 0.3) is 0 Å². The van der Waals surface area contributed by atoms with Gasteiger partial charge in [-0.1, -0.05) is 36.3 Å². The maximum atomic E-state index is 5.61. The molecule has 0 heterocycles. The van der Waals surface area contributed by atoms with Crippen molar-refractivity contribution in [2.24, 2.45) is 0 Å². The minimum absolute atomic E-state index is 0.612. The van der Waals surface area contributed by atoms with E-state index < -0.39 is 6.26 Å². The zero-order valence-electron chi connectivity index (χ0n) is 8.36. The summed E-state index contributed by atoms with van der Waals surface area (Å²) in [6.45, 7) is 4.35. The first-order chi connectivity index (χ1) is 6.73. The van der Waals surface area contributed by atoms with Crippen molar-refractivity contribution in [1.82, 2.24) is 0 Å². The van der Waals surface area contributed by atoms with Crippen molar-refractivity contribution in [2.75, 3.05) is 6.61 Å². The highest BCUT2D eigenvalue weighted by molar-refractivity contribution is 8.18. The van der Waals surface area contributed by atoms with E-state index in [4.69, 9.17) is 16.3 Å². The lowest BCUT2D eigenvalue weighted by Gasteiger charge is -2.15. The summed E-state index contributed by atoms with van der Waals surface area (Å²) < 4.78 is 5.61. The molecule has 0 fully saturated rings. The van der Waals surface area contributed by atoms with Crippen LogP contribution >= 0.6 is 6.26 Å². The van der Waals surface area contributed by atoms with E-state index in [2.05, 4.69) is 11.6 Å². The third kappa shape index (κ3) is 2.69. The van der Waals surface area contributed by atoms with Crippen molar-refractivity contribution in [1.29, 1.82) is 0 Å². The molecule has 0 N–H and O–H groups in total. The fourth-order valence-corrected chi connectivity index (χ4v) is 3.65. The Labute approximate surface area is 90.6 Å². The van der Waals surface area contributed by atoms with E-state index in [1.165, 1.54) is 0 Å². The van der Waals surface area contributed by atoms with Crippen LogP contribution in [0.4, 0.5) is 0 Å². The molecule has 0 aromatic heterocycles. The van der Waals surface area contributed by atoms with Crippen molar-refractivity contribution in [3.05, 3.63) is 30.3 Å². The highest BCUT2D eigenvalue weighted by atomic mass is 32.4. The molecular weight excluding hydrogens is 211 g/mol. The second-order valence-electron chi connectivity index (χ2n) is 2.67. The molecule has 1 aromatic carbocycles. The van der Waals surface area contributed by atoms with Crippen molar-refractivity contribution in [3.8, 4) is 11.6 Å². The first-order valence-corrected chi connectivity index (χ1v) is 7.19. The van der Waals surface area contributed by atoms with Crippen LogP contribution in [0.1, 0.15) is 13.8 Å². The van der Waals surface area contributed by atoms with Crippen LogP contribution < -0.4 is 5.30 Å². The average Bonchev–Trinajstić information content (AvgIpc) is 2.20. The van der Waals surface area contributed by atoms with Gasteiger partial charge in [0.2, 0.25) is 0 Å². The average molecular weight is 224 g/mol. The fourth-order valence-electron chi connectivity index (χ4n) is 1.12. The first kappa shape index (κ1) is 11.5. The Morgan fingerprint density at radius 3 is 2.50 bits per heavy atom. The molecule has 3 heteroatoms. The molecule has 1 unspecified atom stereocenters. The van der Waals surface area contributed by atoms with Crippen molar-refractivity contribution in [3.63, 3.8) is 0 Å². The minimum atomic E-state index is -2.10. The topological polar surface area (TPSA) is 9.23 Å². The lowest BCUT2D eigenvalue weighted by molar-refractivity contribution is 0.387. The van der Waals surface area contributed by atoms with Crippen molar-refractivity contribution < 1.29 is 4.52 Å². The zero-order chi connectivity index (χ0) is 10.4. The minimum Gasteiger partial charge on any atom is -0.337 e. The van der Waals surface area contributed by atoms with Gasteiger partial charge in [0.15, 0.2) is 6.26 Å². The Morgan fingerprint density at radius 2 is 2.00 bits per heavy atom. The molecular formula is C11H13OPS. The van der Waals surface area contributed by atoms with Gasteiger partial charge in [-0.15, -0.1) is 0 Å². The summed E-state index contributed by atoms with van der Waals surface area (Å²) >= 11 is 5.48. The molecule has 0 saturated carbocycles. The third-order valence-electron chi connectivity index (χ3n) is 1.67. The van der Waals surface area contributed by atoms with E-state index in [-0.39, 0.29) is 0 Å². The van der Waals surface area contributed by atoms with E-state index in [1.807, 2.05) is 37.3 Å². The van der Waals surface area contributed by atoms with Gasteiger partial charge in [-0.3, -0.25) is 0 Å². The summed E-state index contributed by atoms with van der Waals surface area (Å²) in [7, 11) is 0. The van der Waals surface area contributed by atoms with Crippen LogP contribution in [0, 0.1) is 11.6 Å². The molecule has 0 spiro atoms. The molecule has 0 saturated heterocycles. The zero-order valence-corrected chi connectivity index (χ0v) is 10.1. The summed E-state index contributed by atoms with van der Waals surface area (Å²) in [4.78, 5) is 0. The highest BCUT2D eigenvalue weighted by Crippen LogP contribution is 2.44. The predicted octanol–water partition coefficient (Wildman–Crippen LogP) is 2.72. The molecule has 0 aliphatic heterocycles. The smallest absolute Gasteiger partial charge is 0.164 e. The van der Waals surface area contributed by atoms with Gasteiger partial charge in [0.1, 0.15) is 0 Å². The van der Waals surface area contributed by atoms with Gasteiger partial charge in [-0.25, -0.2) is 0 Å². The number of hydrogen-bond acceptors (Lipinski definition) is 2. The summed E-state index contributed by atoms with van der Waals surface area (Å²) in [6, 6.07) is 9.87. The van der Waals surface area contributed by atoms with Crippen LogP contribution in [-0.2, 0) is 16.3 Å². The second-order valence-corrected chi connectivity index (χ2v) is 6.31. The van der Waals surface area contributed by atoms with E-state index >= 15 is 0 Å². The normalized spacial score (nSPS) is 13.9. The Morgan fingerprint density at radius 1 is 1.36 bits per heavy atom. The maximum absolute atomic E-state index is 5.61. The molecule has 0 aliphatic rings. The summed E-state index contributed by atoms with van der Waals surface area (Å²) in [5.41, 5.74) is 3.03. The van der Waals surface area contributed by atoms with Gasteiger partial charge in [0.05, 0.1) is 6.61 Å². The maximum Gasteiger partial charge on any atom is 0.164 e. The summed E-state index contributed by atoms with van der Waals surface area (Å²) in [5.74, 6) is 2.86. The first-order valence-electron chi connectivity index (χ1n) is 4.47. The largest absolute Gasteiger partial charge is 0.337 e. The van der Waals surface area contributed by atoms with Crippen molar-refractivity contribution >= 4 is 23.4 Å². The number of rotatable bonds is 3. The van der Waals surface area contributed by atoms with E-state index in [9.17, 15) is 0 Å². The highest BCUT2D eigenvalue weighted by Gasteiger charge is 2.16. The molecule has 14 heavy (non-hydrogen) atoms. The lowest BCUT2D eigenvalue weighted by Crippen LogP contribution is -2.04. The van der Waals surface area contributed by atoms with Crippen LogP contribution in [0.25, 0.3) is 0 Å². The van der Waals surface area contributed by atoms with Crippen LogP contribution in [0.5, 0.6) is 0 Å². The number of benzene rings is 1. The van der Waals surface area contributed by atoms with Crippen LogP contribution in [-0.4, -0.2) is 6.61 Å². The molecule has 1 nitrogen and oxygen atoms in total. The summed E-state index contributed by atoms with van der Waals surface area (Å²) in [6.07, 6.45) is -2.10. The molecule has 74 valence electrons. The standard InChI is InChI=1S/C11H13OPS/c1-3-10-13(14,12-4-2)11-8-6-5-7-9-11/h5-9H,4H2,1-2H3. The molecule has 0 amide bonds. The predicted molar refractivity (Wildman–Crippen MR) is 65.4 cm³/mol. The molecule has 0 aliphatic carbocycles. The second kappa shape index (κ2) is 5.32. The summed E-state index contributed by atoms with van der Waals surface area (Å²) in [5, 5.41) is 1.03. The molecule has 1 rings (SSSR count). The quantitative estimate of drug-likeness (QED) is 0.576. The Bertz CT molecular complexity index is 389. The van der Waals surface area contributed by atoms with Gasteiger partial charge >= 0.3 is 0 Å². The van der Waals surface area contributed by atoms with Crippen molar-refractivity contribution in [2.45, 2.75) is 13.8 Å². The SMILES string of the molecule is CC#CP(=S)(OCC)c1ccccc1. The van der Waals surface area contributed by atoms with Crippen LogP contribution in [0.15, 0.2) is 30.3 Å². The molecule has 1 aromatic rings. The van der Waals surface area contributed by atoms with Crippen LogP contribution in [0.2, 0.25) is 0 Å². The van der Waals surface area contributed by atoms with E-state index in [0.29, 0.717) is 6.61 Å². The lowest BCUT2D eigenvalue weighted by atomic mass is 10.4. The van der Waals surface area contributed by atoms with Gasteiger partial charge in [-0.05, 0) is 31.3 Å². The van der Waals surface area contributed by atoms with Crippen LogP contribution in [0.3, 0.4) is 0 Å². The Hall–Kier alpha value is -0.610. The van der Waals surface area contributed by atoms with Gasteiger partial charge in [-0.2, -0.15) is 0 Å². The molecule has 1 atom stereocenters. The monoisotopic (exact) mass is 224 g/mol. The number of hydrogen-bond donors (Lipinski definition) is 0.